The minimum Gasteiger partial charge on any atom is -0.317 e. The summed E-state index contributed by atoms with van der Waals surface area (Å²) in [7, 11) is -0.760. The summed E-state index contributed by atoms with van der Waals surface area (Å²) in [5.41, 5.74) is -1.25. The summed E-state index contributed by atoms with van der Waals surface area (Å²) in [6, 6.07) is -0.145. The van der Waals surface area contributed by atoms with E-state index in [-0.39, 0.29) is 40.9 Å². The third-order valence-corrected chi connectivity index (χ3v) is 11.2. The monoisotopic (exact) mass is 459 g/mol. The first-order chi connectivity index (χ1) is 13.4. The summed E-state index contributed by atoms with van der Waals surface area (Å²) in [6.45, 7) is 19.2. The molecule has 2 radical (unpaired) electrons. The number of rotatable bonds is 0. The molecule has 0 aromatic heterocycles. The zero-order valence-corrected chi connectivity index (χ0v) is 21.9. The van der Waals surface area contributed by atoms with Crippen LogP contribution in [0.15, 0.2) is 0 Å². The van der Waals surface area contributed by atoms with Crippen LogP contribution in [0.2, 0.25) is 0 Å². The highest BCUT2D eigenvalue weighted by molar-refractivity contribution is 7.79. The molecule has 1 aliphatic heterocycles. The quantitative estimate of drug-likeness (QED) is 0.375. The van der Waals surface area contributed by atoms with E-state index in [9.17, 15) is 9.13 Å². The smallest absolute Gasteiger partial charge is 0.267 e. The van der Waals surface area contributed by atoms with Gasteiger partial charge in [-0.15, -0.1) is 0 Å². The van der Waals surface area contributed by atoms with E-state index in [1.54, 1.807) is 6.66 Å². The van der Waals surface area contributed by atoms with Gasteiger partial charge < -0.3 is 13.6 Å². The largest absolute Gasteiger partial charge is 0.317 e. The van der Waals surface area contributed by atoms with Gasteiger partial charge >= 0.3 is 0 Å². The van der Waals surface area contributed by atoms with Crippen molar-refractivity contribution in [2.24, 2.45) is 33.5 Å². The third kappa shape index (κ3) is 4.17. The second-order valence-electron chi connectivity index (χ2n) is 12.1. The molecule has 2 aliphatic carbocycles. The average Bonchev–Trinajstić information content (AvgIpc) is 2.85. The van der Waals surface area contributed by atoms with Crippen LogP contribution >= 0.6 is 15.0 Å². The van der Waals surface area contributed by atoms with Crippen molar-refractivity contribution in [1.29, 1.82) is 0 Å². The molecule has 8 atom stereocenters. The Kier molecular flexibility index (Phi) is 6.20. The average molecular weight is 459 g/mol. The molecule has 0 aromatic rings. The molecule has 3 aliphatic rings. The van der Waals surface area contributed by atoms with Crippen LogP contribution in [0.4, 0.5) is 0 Å². The van der Waals surface area contributed by atoms with Gasteiger partial charge in [-0.05, 0) is 40.9 Å². The van der Waals surface area contributed by atoms with Crippen LogP contribution in [0.5, 0.6) is 0 Å². The second-order valence-corrected chi connectivity index (χ2v) is 15.8. The fraction of sp³-hybridized carbons (Fsp3) is 1.00. The van der Waals surface area contributed by atoms with Crippen molar-refractivity contribution in [1.82, 2.24) is 5.09 Å². The van der Waals surface area contributed by atoms with Crippen LogP contribution in [-0.4, -0.2) is 39.6 Å². The molecule has 9 heteroatoms. The van der Waals surface area contributed by atoms with E-state index in [2.05, 4.69) is 60.5 Å². The Hall–Kier alpha value is 0.365. The van der Waals surface area contributed by atoms with Crippen molar-refractivity contribution >= 4 is 22.6 Å². The fourth-order valence-electron chi connectivity index (χ4n) is 6.31. The molecular formula is C21H40BNO5P2. The first-order valence-electron chi connectivity index (χ1n) is 11.1. The van der Waals surface area contributed by atoms with Gasteiger partial charge in [0.2, 0.25) is 7.57 Å². The zero-order chi connectivity index (χ0) is 23.0. The third-order valence-electron chi connectivity index (χ3n) is 8.87. The molecular weight excluding hydrogens is 419 g/mol. The van der Waals surface area contributed by atoms with Crippen LogP contribution in [-0.2, 0) is 22.7 Å². The minimum atomic E-state index is -3.77. The normalized spacial score (nSPS) is 53.9. The van der Waals surface area contributed by atoms with Gasteiger partial charge in [-0.25, -0.2) is 5.09 Å². The Bertz CT molecular complexity index is 789. The first-order valence-corrected chi connectivity index (χ1v) is 14.8. The molecule has 30 heavy (non-hydrogen) atoms. The van der Waals surface area contributed by atoms with Crippen LogP contribution < -0.4 is 5.09 Å². The second kappa shape index (κ2) is 7.44. The van der Waals surface area contributed by atoms with E-state index in [0.29, 0.717) is 12.5 Å². The maximum absolute atomic E-state index is 13.6. The molecule has 1 heterocycles. The van der Waals surface area contributed by atoms with E-state index in [1.807, 2.05) is 0 Å². The highest BCUT2D eigenvalue weighted by Gasteiger charge is 2.59. The lowest BCUT2D eigenvalue weighted by Crippen LogP contribution is -2.48. The Balaban J connectivity index is 2.03. The molecule has 6 nitrogen and oxygen atoms in total. The molecule has 2 unspecified atom stereocenters. The predicted molar refractivity (Wildman–Crippen MR) is 122 cm³/mol. The van der Waals surface area contributed by atoms with Crippen molar-refractivity contribution in [3.63, 3.8) is 0 Å². The number of hydrogen-bond donors (Lipinski definition) is 1. The minimum absolute atomic E-state index is 0.120. The van der Waals surface area contributed by atoms with Crippen LogP contribution in [0.1, 0.15) is 68.2 Å². The van der Waals surface area contributed by atoms with Gasteiger partial charge in [-0.2, -0.15) is 0 Å². The molecule has 0 spiro atoms. The molecule has 3 rings (SSSR count). The number of fused-ring (bicyclic) bond motifs is 3. The molecule has 2 saturated carbocycles. The number of hydrogen-bond acceptors (Lipinski definition) is 5. The summed E-state index contributed by atoms with van der Waals surface area (Å²) in [6.07, 6.45) is 1.30. The van der Waals surface area contributed by atoms with Gasteiger partial charge in [0.05, 0.1) is 19.3 Å². The Morgan fingerprint density at radius 2 is 1.57 bits per heavy atom. The van der Waals surface area contributed by atoms with Crippen molar-refractivity contribution in [2.75, 3.05) is 19.9 Å². The molecule has 0 aromatic carbocycles. The maximum atomic E-state index is 13.6. The lowest BCUT2D eigenvalue weighted by Gasteiger charge is -2.42. The van der Waals surface area contributed by atoms with Gasteiger partial charge in [-0.1, -0.05) is 55.4 Å². The van der Waals surface area contributed by atoms with E-state index < -0.39 is 20.4 Å². The topological polar surface area (TPSA) is 73.9 Å². The van der Waals surface area contributed by atoms with Crippen molar-refractivity contribution in [3.05, 3.63) is 0 Å². The van der Waals surface area contributed by atoms with Crippen LogP contribution in [0.3, 0.4) is 0 Å². The van der Waals surface area contributed by atoms with Crippen LogP contribution in [0.25, 0.3) is 0 Å². The van der Waals surface area contributed by atoms with Crippen molar-refractivity contribution < 1.29 is 22.7 Å². The van der Waals surface area contributed by atoms with E-state index in [4.69, 9.17) is 21.1 Å². The lowest BCUT2D eigenvalue weighted by atomic mass is 9.69. The summed E-state index contributed by atoms with van der Waals surface area (Å²) >= 11 is 0. The Labute approximate surface area is 184 Å². The highest BCUT2D eigenvalue weighted by atomic mass is 31.2. The maximum Gasteiger partial charge on any atom is 0.267 e. The fourth-order valence-corrected chi connectivity index (χ4v) is 9.35. The van der Waals surface area contributed by atoms with Gasteiger partial charge in [0.25, 0.3) is 15.0 Å². The number of nitrogens with one attached hydrogen (secondary N) is 1. The molecule has 0 amide bonds. The SMILES string of the molecule is [B]P1(=O)OC[C@@]2(C)C[C@@H](C)C(C)(C)[C@@H]2NP(C)(=O)OC[C@@]2(C)C[C@@H](C)[C@H](O1)C2(C)C. The zero-order valence-electron chi connectivity index (χ0n) is 20.2. The highest BCUT2D eigenvalue weighted by Crippen LogP contribution is 2.64. The Morgan fingerprint density at radius 1 is 0.967 bits per heavy atom. The predicted octanol–water partition coefficient (Wildman–Crippen LogP) is 5.62. The molecule has 172 valence electrons. The van der Waals surface area contributed by atoms with E-state index >= 15 is 0 Å². The van der Waals surface area contributed by atoms with E-state index in [0.717, 1.165) is 12.8 Å². The first kappa shape index (κ1) is 25.0. The summed E-state index contributed by atoms with van der Waals surface area (Å²) in [5.74, 6) is 0.470. The van der Waals surface area contributed by atoms with Gasteiger partial charge in [-0.3, -0.25) is 9.13 Å². The van der Waals surface area contributed by atoms with Gasteiger partial charge in [0.15, 0.2) is 0 Å². The lowest BCUT2D eigenvalue weighted by molar-refractivity contribution is -0.0112. The van der Waals surface area contributed by atoms with Gasteiger partial charge in [0, 0.05) is 18.1 Å². The summed E-state index contributed by atoms with van der Waals surface area (Å²) in [4.78, 5) is 0. The Morgan fingerprint density at radius 3 is 2.17 bits per heavy atom. The molecule has 3 fully saturated rings. The molecule has 1 N–H and O–H groups in total. The van der Waals surface area contributed by atoms with Crippen molar-refractivity contribution in [3.8, 4) is 0 Å². The summed E-state index contributed by atoms with van der Waals surface area (Å²) < 4.78 is 44.8. The van der Waals surface area contributed by atoms with Gasteiger partial charge in [0.1, 0.15) is 0 Å². The molecule has 1 saturated heterocycles. The van der Waals surface area contributed by atoms with Crippen molar-refractivity contribution in [2.45, 2.75) is 80.4 Å². The summed E-state index contributed by atoms with van der Waals surface area (Å²) in [5, 5.41) is 3.38. The van der Waals surface area contributed by atoms with E-state index in [1.165, 1.54) is 0 Å². The standard InChI is InChI=1S/C21H40BNO5P2/c1-14-10-21(8)13-26-29(9,24)23-17-18(3,4)15(2)11-20(17,7)12-27-30(22,25)28-16(14)19(21,5)6/h14-17H,10-13H2,1-9H3,(H,23,24)/t14-,15-,16+,17+,20-,21-,29?,30?/m1/s1. The van der Waals surface area contributed by atoms with Crippen LogP contribution in [0, 0.1) is 33.5 Å². The molecule has 2 bridgehead atoms.